The second-order valence-corrected chi connectivity index (χ2v) is 7.10. The Morgan fingerprint density at radius 2 is 1.96 bits per heavy atom. The Kier molecular flexibility index (Phi) is 6.67. The highest BCUT2D eigenvalue weighted by molar-refractivity contribution is 5.92. The van der Waals surface area contributed by atoms with E-state index < -0.39 is 0 Å². The molecule has 1 unspecified atom stereocenters. The van der Waals surface area contributed by atoms with Crippen LogP contribution in [0.2, 0.25) is 0 Å². The Balaban J connectivity index is 1.42. The molecule has 1 saturated heterocycles. The number of rotatable bonds is 7. The van der Waals surface area contributed by atoms with Crippen LogP contribution in [0.4, 0.5) is 5.69 Å². The molecule has 0 spiro atoms. The summed E-state index contributed by atoms with van der Waals surface area (Å²) in [6.07, 6.45) is 3.35. The van der Waals surface area contributed by atoms with E-state index in [2.05, 4.69) is 70.7 Å². The van der Waals surface area contributed by atoms with E-state index in [-0.39, 0.29) is 0 Å². The lowest BCUT2D eigenvalue weighted by Gasteiger charge is -2.15. The van der Waals surface area contributed by atoms with Gasteiger partial charge in [0.15, 0.2) is 5.96 Å². The molecule has 2 aromatic carbocycles. The highest BCUT2D eigenvalue weighted by Gasteiger charge is 2.21. The van der Waals surface area contributed by atoms with E-state index in [4.69, 9.17) is 5.73 Å². The highest BCUT2D eigenvalue weighted by atomic mass is 15.2. The van der Waals surface area contributed by atoms with E-state index in [0.29, 0.717) is 11.9 Å². The number of likely N-dealkylation sites (tertiary alicyclic amines) is 1. The maximum absolute atomic E-state index is 6.07. The number of aliphatic imine (C=N–C) groups is 1. The van der Waals surface area contributed by atoms with Crippen molar-refractivity contribution in [2.75, 3.05) is 31.5 Å². The molecule has 3 N–H and O–H groups in total. The minimum absolute atomic E-state index is 0.515. The summed E-state index contributed by atoms with van der Waals surface area (Å²) in [6, 6.07) is 19.0. The third-order valence-electron chi connectivity index (χ3n) is 5.06. The first-order chi connectivity index (χ1) is 12.7. The first kappa shape index (κ1) is 18.5. The van der Waals surface area contributed by atoms with Gasteiger partial charge in [0.2, 0.25) is 0 Å². The number of hydrogen-bond acceptors (Lipinski definition) is 2. The number of guanidine groups is 1. The molecule has 1 fully saturated rings. The Labute approximate surface area is 157 Å². The van der Waals surface area contributed by atoms with Crippen molar-refractivity contribution in [1.29, 1.82) is 0 Å². The molecule has 0 bridgehead atoms. The van der Waals surface area contributed by atoms with Gasteiger partial charge in [0.25, 0.3) is 0 Å². The van der Waals surface area contributed by atoms with Crippen LogP contribution in [0.5, 0.6) is 0 Å². The summed E-state index contributed by atoms with van der Waals surface area (Å²) in [5, 5.41) is 3.21. The molecule has 138 valence electrons. The van der Waals surface area contributed by atoms with Gasteiger partial charge in [0.05, 0.1) is 0 Å². The lowest BCUT2D eigenvalue weighted by atomic mass is 10.1. The summed E-state index contributed by atoms with van der Waals surface area (Å²) in [7, 11) is 0. The fraction of sp³-hybridized carbons (Fsp3) is 0.409. The fourth-order valence-electron chi connectivity index (χ4n) is 3.48. The SMILES string of the molecule is CCc1cccc(NC(N)=NCC2CCN(CCc3ccccc3)C2)c1. The van der Waals surface area contributed by atoms with Crippen molar-refractivity contribution in [1.82, 2.24) is 4.90 Å². The summed E-state index contributed by atoms with van der Waals surface area (Å²) in [5.74, 6) is 1.12. The van der Waals surface area contributed by atoms with Crippen molar-refractivity contribution in [3.63, 3.8) is 0 Å². The van der Waals surface area contributed by atoms with Crippen LogP contribution in [-0.4, -0.2) is 37.0 Å². The maximum Gasteiger partial charge on any atom is 0.193 e. The van der Waals surface area contributed by atoms with Crippen LogP contribution < -0.4 is 11.1 Å². The van der Waals surface area contributed by atoms with Crippen LogP contribution in [0.15, 0.2) is 59.6 Å². The second-order valence-electron chi connectivity index (χ2n) is 7.10. The van der Waals surface area contributed by atoms with E-state index >= 15 is 0 Å². The van der Waals surface area contributed by atoms with Gasteiger partial charge in [-0.3, -0.25) is 4.99 Å². The quantitative estimate of drug-likeness (QED) is 0.593. The van der Waals surface area contributed by atoms with Gasteiger partial charge < -0.3 is 16.0 Å². The van der Waals surface area contributed by atoms with E-state index in [1.54, 1.807) is 0 Å². The Morgan fingerprint density at radius 3 is 2.77 bits per heavy atom. The van der Waals surface area contributed by atoms with Gasteiger partial charge in [-0.2, -0.15) is 0 Å². The number of nitrogens with zero attached hydrogens (tertiary/aromatic N) is 2. The van der Waals surface area contributed by atoms with Crippen molar-refractivity contribution in [3.05, 3.63) is 65.7 Å². The standard InChI is InChI=1S/C22H30N4/c1-2-18-9-6-10-21(15-18)25-22(23)24-16-20-12-14-26(17-20)13-11-19-7-4-3-5-8-19/h3-10,15,20H,2,11-14,16-17H2,1H3,(H3,23,24,25). The number of hydrogen-bond donors (Lipinski definition) is 2. The topological polar surface area (TPSA) is 53.6 Å². The molecule has 1 heterocycles. The zero-order chi connectivity index (χ0) is 18.2. The second kappa shape index (κ2) is 9.39. The lowest BCUT2D eigenvalue weighted by Crippen LogP contribution is -2.26. The van der Waals surface area contributed by atoms with Crippen molar-refractivity contribution < 1.29 is 0 Å². The average molecular weight is 351 g/mol. The van der Waals surface area contributed by atoms with Gasteiger partial charge in [-0.1, -0.05) is 49.4 Å². The summed E-state index contributed by atoms with van der Waals surface area (Å²) in [4.78, 5) is 7.11. The Morgan fingerprint density at radius 1 is 1.15 bits per heavy atom. The largest absolute Gasteiger partial charge is 0.370 e. The normalized spacial score (nSPS) is 18.2. The van der Waals surface area contributed by atoms with Crippen LogP contribution in [0.1, 0.15) is 24.5 Å². The van der Waals surface area contributed by atoms with Gasteiger partial charge in [-0.05, 0) is 55.0 Å². The van der Waals surface area contributed by atoms with E-state index in [1.807, 2.05) is 6.07 Å². The van der Waals surface area contributed by atoms with Crippen molar-refractivity contribution in [3.8, 4) is 0 Å². The molecule has 0 aliphatic carbocycles. The Bertz CT molecular complexity index is 711. The smallest absolute Gasteiger partial charge is 0.193 e. The number of benzene rings is 2. The van der Waals surface area contributed by atoms with Gasteiger partial charge in [-0.15, -0.1) is 0 Å². The predicted molar refractivity (Wildman–Crippen MR) is 111 cm³/mol. The van der Waals surface area contributed by atoms with Crippen LogP contribution in [0, 0.1) is 5.92 Å². The molecule has 4 heteroatoms. The third kappa shape index (κ3) is 5.60. The first-order valence-corrected chi connectivity index (χ1v) is 9.65. The first-order valence-electron chi connectivity index (χ1n) is 9.65. The van der Waals surface area contributed by atoms with Crippen LogP contribution in [0.25, 0.3) is 0 Å². The van der Waals surface area contributed by atoms with Gasteiger partial charge >= 0.3 is 0 Å². The summed E-state index contributed by atoms with van der Waals surface area (Å²) in [5.41, 5.74) is 9.80. The zero-order valence-corrected chi connectivity index (χ0v) is 15.7. The molecule has 1 aliphatic rings. The minimum atomic E-state index is 0.515. The molecule has 4 nitrogen and oxygen atoms in total. The molecule has 0 aromatic heterocycles. The predicted octanol–water partition coefficient (Wildman–Crippen LogP) is 3.54. The molecule has 26 heavy (non-hydrogen) atoms. The summed E-state index contributed by atoms with van der Waals surface area (Å²) >= 11 is 0. The minimum Gasteiger partial charge on any atom is -0.370 e. The van der Waals surface area contributed by atoms with Crippen LogP contribution in [-0.2, 0) is 12.8 Å². The molecular weight excluding hydrogens is 320 g/mol. The lowest BCUT2D eigenvalue weighted by molar-refractivity contribution is 0.330. The van der Waals surface area contributed by atoms with E-state index in [0.717, 1.165) is 38.2 Å². The fourth-order valence-corrected chi connectivity index (χ4v) is 3.48. The number of anilines is 1. The molecule has 0 saturated carbocycles. The molecular formula is C22H30N4. The van der Waals surface area contributed by atoms with Gasteiger partial charge in [-0.25, -0.2) is 0 Å². The molecule has 1 atom stereocenters. The average Bonchev–Trinajstić information content (AvgIpc) is 3.14. The van der Waals surface area contributed by atoms with E-state index in [9.17, 15) is 0 Å². The number of nitrogens with two attached hydrogens (primary N) is 1. The third-order valence-corrected chi connectivity index (χ3v) is 5.06. The molecule has 3 rings (SSSR count). The summed E-state index contributed by atoms with van der Waals surface area (Å²) in [6.45, 7) is 6.37. The van der Waals surface area contributed by atoms with Crippen molar-refractivity contribution in [2.24, 2.45) is 16.6 Å². The summed E-state index contributed by atoms with van der Waals surface area (Å²) < 4.78 is 0. The Hall–Kier alpha value is -2.33. The maximum atomic E-state index is 6.07. The number of aryl methyl sites for hydroxylation is 1. The zero-order valence-electron chi connectivity index (χ0n) is 15.7. The van der Waals surface area contributed by atoms with Gasteiger partial charge in [0, 0.05) is 25.3 Å². The van der Waals surface area contributed by atoms with E-state index in [1.165, 1.54) is 24.1 Å². The molecule has 0 amide bonds. The van der Waals surface area contributed by atoms with Crippen LogP contribution in [0.3, 0.4) is 0 Å². The number of nitrogens with one attached hydrogen (secondary N) is 1. The highest BCUT2D eigenvalue weighted by Crippen LogP contribution is 2.17. The van der Waals surface area contributed by atoms with Crippen molar-refractivity contribution >= 4 is 11.6 Å². The van der Waals surface area contributed by atoms with Gasteiger partial charge in [0.1, 0.15) is 0 Å². The van der Waals surface area contributed by atoms with Crippen LogP contribution >= 0.6 is 0 Å². The monoisotopic (exact) mass is 350 g/mol. The molecule has 0 radical (unpaired) electrons. The van der Waals surface area contributed by atoms with Crippen molar-refractivity contribution in [2.45, 2.75) is 26.2 Å². The molecule has 2 aromatic rings. The molecule has 1 aliphatic heterocycles.